The minimum absolute atomic E-state index is 0.250. The van der Waals surface area contributed by atoms with Crippen molar-refractivity contribution in [3.05, 3.63) is 53.6 Å². The molecule has 7 nitrogen and oxygen atoms in total. The second-order valence-electron chi connectivity index (χ2n) is 5.36. The van der Waals surface area contributed by atoms with Crippen LogP contribution in [0.25, 0.3) is 0 Å². The SMILES string of the molecule is C[C@@H]1Oc2ccc(NC(=O)c3cccc(C(N)=O)c3)cc2NC1=O. The van der Waals surface area contributed by atoms with E-state index in [0.29, 0.717) is 22.7 Å². The summed E-state index contributed by atoms with van der Waals surface area (Å²) in [5.74, 6) is -0.710. The van der Waals surface area contributed by atoms with Gasteiger partial charge in [0.15, 0.2) is 6.10 Å². The van der Waals surface area contributed by atoms with E-state index in [-0.39, 0.29) is 11.5 Å². The third kappa shape index (κ3) is 3.05. The summed E-state index contributed by atoms with van der Waals surface area (Å²) in [5, 5.41) is 5.41. The summed E-state index contributed by atoms with van der Waals surface area (Å²) in [6.07, 6.45) is -0.561. The standard InChI is InChI=1S/C17H15N3O4/c1-9-16(22)20-13-8-12(5-6-14(13)24-9)19-17(23)11-4-2-3-10(7-11)15(18)21/h2-9H,1H3,(H2,18,21)(H,19,23)(H,20,22)/t9-/m0/s1. The quantitative estimate of drug-likeness (QED) is 0.798. The zero-order valence-corrected chi connectivity index (χ0v) is 12.8. The Morgan fingerprint density at radius 3 is 2.67 bits per heavy atom. The second kappa shape index (κ2) is 6.04. The van der Waals surface area contributed by atoms with Crippen molar-refractivity contribution in [2.75, 3.05) is 10.6 Å². The molecule has 0 aliphatic carbocycles. The number of hydrogen-bond donors (Lipinski definition) is 3. The lowest BCUT2D eigenvalue weighted by atomic mass is 10.1. The molecule has 4 N–H and O–H groups in total. The molecule has 0 unspecified atom stereocenters. The Hall–Kier alpha value is -3.35. The maximum atomic E-state index is 12.3. The summed E-state index contributed by atoms with van der Waals surface area (Å²) in [4.78, 5) is 35.1. The first-order chi connectivity index (χ1) is 11.4. The molecule has 0 spiro atoms. The van der Waals surface area contributed by atoms with E-state index in [4.69, 9.17) is 10.5 Å². The average molecular weight is 325 g/mol. The lowest BCUT2D eigenvalue weighted by molar-refractivity contribution is -0.122. The van der Waals surface area contributed by atoms with Crippen molar-refractivity contribution < 1.29 is 19.1 Å². The van der Waals surface area contributed by atoms with Crippen LogP contribution in [0.2, 0.25) is 0 Å². The Balaban J connectivity index is 1.80. The van der Waals surface area contributed by atoms with Gasteiger partial charge in [-0.2, -0.15) is 0 Å². The third-order valence-electron chi connectivity index (χ3n) is 3.58. The predicted octanol–water partition coefficient (Wildman–Crippen LogP) is 1.76. The van der Waals surface area contributed by atoms with Crippen LogP contribution >= 0.6 is 0 Å². The van der Waals surface area contributed by atoms with Crippen LogP contribution in [0.4, 0.5) is 11.4 Å². The van der Waals surface area contributed by atoms with E-state index in [1.54, 1.807) is 37.3 Å². The number of carbonyl (C=O) groups excluding carboxylic acids is 3. The topological polar surface area (TPSA) is 111 Å². The van der Waals surface area contributed by atoms with Crippen molar-refractivity contribution >= 4 is 29.1 Å². The van der Waals surface area contributed by atoms with Crippen molar-refractivity contribution in [3.63, 3.8) is 0 Å². The minimum atomic E-state index is -0.604. The van der Waals surface area contributed by atoms with Gasteiger partial charge in [-0.25, -0.2) is 0 Å². The molecule has 0 saturated heterocycles. The molecule has 1 heterocycles. The van der Waals surface area contributed by atoms with E-state index in [0.717, 1.165) is 0 Å². The molecule has 2 aromatic rings. The maximum Gasteiger partial charge on any atom is 0.265 e. The monoisotopic (exact) mass is 325 g/mol. The summed E-state index contributed by atoms with van der Waals surface area (Å²) in [5.41, 5.74) is 6.74. The van der Waals surface area contributed by atoms with E-state index in [1.165, 1.54) is 12.1 Å². The van der Waals surface area contributed by atoms with Gasteiger partial charge in [-0.15, -0.1) is 0 Å². The van der Waals surface area contributed by atoms with Crippen molar-refractivity contribution in [3.8, 4) is 5.75 Å². The molecular formula is C17H15N3O4. The van der Waals surface area contributed by atoms with E-state index < -0.39 is 17.9 Å². The summed E-state index contributed by atoms with van der Waals surface area (Å²) in [6, 6.07) is 11.0. The van der Waals surface area contributed by atoms with E-state index in [2.05, 4.69) is 10.6 Å². The fourth-order valence-corrected chi connectivity index (χ4v) is 2.30. The van der Waals surface area contributed by atoms with Crippen LogP contribution in [0.1, 0.15) is 27.6 Å². The van der Waals surface area contributed by atoms with E-state index >= 15 is 0 Å². The zero-order valence-electron chi connectivity index (χ0n) is 12.8. The number of anilines is 2. The van der Waals surface area contributed by atoms with Crippen molar-refractivity contribution in [2.45, 2.75) is 13.0 Å². The summed E-state index contributed by atoms with van der Waals surface area (Å²) < 4.78 is 5.45. The molecule has 1 aliphatic rings. The van der Waals surface area contributed by atoms with Gasteiger partial charge in [0.1, 0.15) is 5.75 Å². The number of carbonyl (C=O) groups is 3. The third-order valence-corrected chi connectivity index (χ3v) is 3.58. The van der Waals surface area contributed by atoms with Gasteiger partial charge in [-0.3, -0.25) is 14.4 Å². The summed E-state index contributed by atoms with van der Waals surface area (Å²) in [7, 11) is 0. The number of fused-ring (bicyclic) bond motifs is 1. The maximum absolute atomic E-state index is 12.3. The summed E-state index contributed by atoms with van der Waals surface area (Å²) in [6.45, 7) is 1.65. The molecule has 1 aliphatic heterocycles. The first kappa shape index (κ1) is 15.5. The molecule has 122 valence electrons. The van der Waals surface area contributed by atoms with Crippen LogP contribution in [-0.2, 0) is 4.79 Å². The smallest absolute Gasteiger partial charge is 0.265 e. The summed E-state index contributed by atoms with van der Waals surface area (Å²) >= 11 is 0. The molecule has 0 saturated carbocycles. The van der Waals surface area contributed by atoms with Crippen molar-refractivity contribution in [1.29, 1.82) is 0 Å². The molecule has 3 rings (SSSR count). The van der Waals surface area contributed by atoms with E-state index in [9.17, 15) is 14.4 Å². The number of benzene rings is 2. The van der Waals surface area contributed by atoms with Crippen LogP contribution in [0.15, 0.2) is 42.5 Å². The fraction of sp³-hybridized carbons (Fsp3) is 0.118. The van der Waals surface area contributed by atoms with Gasteiger partial charge in [0, 0.05) is 16.8 Å². The van der Waals surface area contributed by atoms with Crippen LogP contribution in [0.3, 0.4) is 0 Å². The van der Waals surface area contributed by atoms with Crippen LogP contribution in [0.5, 0.6) is 5.75 Å². The lowest BCUT2D eigenvalue weighted by Gasteiger charge is -2.23. The number of nitrogens with two attached hydrogens (primary N) is 1. The first-order valence-electron chi connectivity index (χ1n) is 7.27. The number of nitrogens with one attached hydrogen (secondary N) is 2. The fourth-order valence-electron chi connectivity index (χ4n) is 2.30. The molecule has 0 fully saturated rings. The van der Waals surface area contributed by atoms with Gasteiger partial charge in [0.2, 0.25) is 5.91 Å². The largest absolute Gasteiger partial charge is 0.479 e. The van der Waals surface area contributed by atoms with Gasteiger partial charge < -0.3 is 21.1 Å². The highest BCUT2D eigenvalue weighted by atomic mass is 16.5. The number of hydrogen-bond acceptors (Lipinski definition) is 4. The molecule has 3 amide bonds. The van der Waals surface area contributed by atoms with Gasteiger partial charge >= 0.3 is 0 Å². The van der Waals surface area contributed by atoms with Crippen molar-refractivity contribution in [2.24, 2.45) is 5.73 Å². The lowest BCUT2D eigenvalue weighted by Crippen LogP contribution is -2.34. The molecular weight excluding hydrogens is 310 g/mol. The Bertz CT molecular complexity index is 847. The Morgan fingerprint density at radius 2 is 1.92 bits per heavy atom. The number of ether oxygens (including phenoxy) is 1. The minimum Gasteiger partial charge on any atom is -0.479 e. The Kier molecular flexibility index (Phi) is 3.91. The van der Waals surface area contributed by atoms with Crippen LogP contribution in [0, 0.1) is 0 Å². The predicted molar refractivity (Wildman–Crippen MR) is 88.1 cm³/mol. The number of rotatable bonds is 3. The molecule has 0 radical (unpaired) electrons. The Labute approximate surface area is 137 Å². The molecule has 1 atom stereocenters. The van der Waals surface area contributed by atoms with Gasteiger partial charge in [0.05, 0.1) is 5.69 Å². The number of amides is 3. The zero-order chi connectivity index (χ0) is 17.3. The molecule has 7 heteroatoms. The number of primary amides is 1. The molecule has 24 heavy (non-hydrogen) atoms. The van der Waals surface area contributed by atoms with Gasteiger partial charge in [-0.1, -0.05) is 6.07 Å². The highest BCUT2D eigenvalue weighted by Crippen LogP contribution is 2.32. The van der Waals surface area contributed by atoms with Gasteiger partial charge in [-0.05, 0) is 43.3 Å². The molecule has 0 bridgehead atoms. The first-order valence-corrected chi connectivity index (χ1v) is 7.27. The van der Waals surface area contributed by atoms with Crippen LogP contribution in [-0.4, -0.2) is 23.8 Å². The van der Waals surface area contributed by atoms with E-state index in [1.807, 2.05) is 0 Å². The average Bonchev–Trinajstić information content (AvgIpc) is 2.56. The van der Waals surface area contributed by atoms with Gasteiger partial charge in [0.25, 0.3) is 11.8 Å². The highest BCUT2D eigenvalue weighted by molar-refractivity contribution is 6.06. The highest BCUT2D eigenvalue weighted by Gasteiger charge is 2.23. The molecule has 0 aromatic heterocycles. The second-order valence-corrected chi connectivity index (χ2v) is 5.36. The normalized spacial score (nSPS) is 15.7. The molecule has 2 aromatic carbocycles. The van der Waals surface area contributed by atoms with Crippen molar-refractivity contribution in [1.82, 2.24) is 0 Å². The Morgan fingerprint density at radius 1 is 1.17 bits per heavy atom. The van der Waals surface area contributed by atoms with Crippen LogP contribution < -0.4 is 21.1 Å².